The smallest absolute Gasteiger partial charge is 0.253 e. The van der Waals surface area contributed by atoms with Crippen molar-refractivity contribution in [3.8, 4) is 17.2 Å². The fourth-order valence-corrected chi connectivity index (χ4v) is 9.67. The van der Waals surface area contributed by atoms with Gasteiger partial charge < -0.3 is 55.2 Å². The summed E-state index contributed by atoms with van der Waals surface area (Å²) in [7, 11) is 4.82. The molecule has 8 rings (SSSR count). The number of morpholine rings is 1. The molecule has 5 aliphatic rings. The monoisotopic (exact) mass is 1040 g/mol. The first kappa shape index (κ1) is 57.3. The molecule has 6 atom stereocenters. The lowest BCUT2D eigenvalue weighted by molar-refractivity contribution is -0.193. The normalized spacial score (nSPS) is 21.2. The van der Waals surface area contributed by atoms with E-state index in [0.717, 1.165) is 55.3 Å². The Morgan fingerprint density at radius 3 is 2.20 bits per heavy atom. The number of anilines is 1. The van der Waals surface area contributed by atoms with Gasteiger partial charge in [0.25, 0.3) is 11.8 Å². The van der Waals surface area contributed by atoms with Crippen LogP contribution in [0.4, 0.5) is 5.69 Å². The van der Waals surface area contributed by atoms with Gasteiger partial charge in [0.05, 0.1) is 49.2 Å². The SMILES string of the molecule is C=C(CNC(=O)CCN1C(=O)C=CC1=O)NC(C)C(=O)Nc1ccc(CNC(=O)C2CCc3c(O)c4c(c(O)c3C2)C(=O)c2cccc(OC)c2C4=O)cc1.CCC.COC1CN(C2CCOC(C)C2OC)CCO1. The van der Waals surface area contributed by atoms with E-state index < -0.39 is 47.0 Å². The fraction of sp³-hybridized carbons (Fsp3) is 0.473. The van der Waals surface area contributed by atoms with Crippen LogP contribution in [-0.4, -0.2) is 152 Å². The maximum Gasteiger partial charge on any atom is 0.253 e. The summed E-state index contributed by atoms with van der Waals surface area (Å²) in [5, 5.41) is 33.7. The van der Waals surface area contributed by atoms with Crippen LogP contribution in [0.1, 0.15) is 102 Å². The summed E-state index contributed by atoms with van der Waals surface area (Å²) in [5.74, 6) is -4.39. The number of rotatable bonds is 16. The highest BCUT2D eigenvalue weighted by molar-refractivity contribution is 6.31. The highest BCUT2D eigenvalue weighted by atomic mass is 16.7. The van der Waals surface area contributed by atoms with E-state index in [1.807, 2.05) is 0 Å². The number of phenolic OH excluding ortho intramolecular Hbond substituents is 2. The van der Waals surface area contributed by atoms with E-state index >= 15 is 0 Å². The van der Waals surface area contributed by atoms with Gasteiger partial charge in [-0.05, 0) is 63.3 Å². The maximum atomic E-state index is 13.5. The van der Waals surface area contributed by atoms with Crippen molar-refractivity contribution in [3.63, 3.8) is 0 Å². The third-order valence-corrected chi connectivity index (χ3v) is 13.6. The van der Waals surface area contributed by atoms with Gasteiger partial charge in [0.1, 0.15) is 23.3 Å². The molecule has 2 fully saturated rings. The summed E-state index contributed by atoms with van der Waals surface area (Å²) in [6.07, 6.45) is 5.26. The first-order valence-corrected chi connectivity index (χ1v) is 25.3. The van der Waals surface area contributed by atoms with Gasteiger partial charge in [-0.3, -0.25) is 43.4 Å². The molecule has 0 radical (unpaired) electrons. The molecule has 2 saturated heterocycles. The maximum absolute atomic E-state index is 13.5. The summed E-state index contributed by atoms with van der Waals surface area (Å²) >= 11 is 0. The van der Waals surface area contributed by atoms with Crippen molar-refractivity contribution in [1.29, 1.82) is 0 Å². The molecular formula is C55H70N6O14. The standard InChI is InChI=1S/C40H39N5O10.C12H23NO4.C3H8/c1-20(18-41-29(46)15-16-45-30(47)13-14-31(45)48)43-21(2)39(53)44-24-10-7-22(8-11-24)19-42-40(54)23-9-12-25-27(17-23)37(51)33-34(35(25)49)38(52)32-26(36(33)50)5-4-6-28(32)55-3;1-9-12(15-3)10(4-6-16-9)13-5-7-17-11(8-13)14-2;1-3-2/h4-8,10-11,13-14,21,23,43,49,51H,1,9,12,15-19H2,2-3H3,(H,41,46)(H,42,54)(H,44,53);9-12H,4-8H2,1-3H3;3H2,1-2H3. The lowest BCUT2D eigenvalue weighted by Gasteiger charge is -2.44. The largest absolute Gasteiger partial charge is 0.507 e. The number of phenols is 2. The second-order valence-electron chi connectivity index (χ2n) is 18.8. The van der Waals surface area contributed by atoms with Gasteiger partial charge >= 0.3 is 0 Å². The van der Waals surface area contributed by atoms with E-state index in [9.17, 15) is 43.8 Å². The lowest BCUT2D eigenvalue weighted by atomic mass is 9.75. The number of ether oxygens (including phenoxy) is 5. The van der Waals surface area contributed by atoms with Crippen LogP contribution >= 0.6 is 0 Å². The van der Waals surface area contributed by atoms with Crippen LogP contribution in [0.15, 0.2) is 66.9 Å². The average molecular weight is 1040 g/mol. The Kier molecular flexibility index (Phi) is 20.2. The van der Waals surface area contributed by atoms with Gasteiger partial charge in [-0.1, -0.05) is 51.1 Å². The van der Waals surface area contributed by atoms with Crippen LogP contribution in [0, 0.1) is 5.92 Å². The highest BCUT2D eigenvalue weighted by Gasteiger charge is 2.42. The van der Waals surface area contributed by atoms with Crippen LogP contribution in [-0.2, 0) is 62.3 Å². The van der Waals surface area contributed by atoms with Crippen molar-refractivity contribution in [2.45, 2.75) is 103 Å². The van der Waals surface area contributed by atoms with E-state index in [4.69, 9.17) is 23.7 Å². The number of nitrogens with zero attached hydrogens (tertiary/aromatic N) is 2. The van der Waals surface area contributed by atoms with Crippen LogP contribution in [0.25, 0.3) is 0 Å². The number of fused-ring (bicyclic) bond motifs is 3. The molecule has 0 bridgehead atoms. The Hall–Kier alpha value is -6.97. The summed E-state index contributed by atoms with van der Waals surface area (Å²) in [6, 6.07) is 11.1. The number of carbonyl (C=O) groups excluding carboxylic acids is 7. The van der Waals surface area contributed by atoms with Crippen LogP contribution in [0.5, 0.6) is 17.2 Å². The quantitative estimate of drug-likeness (QED) is 0.0683. The van der Waals surface area contributed by atoms with Gasteiger partial charge in [0.2, 0.25) is 23.5 Å². The van der Waals surface area contributed by atoms with Crippen LogP contribution < -0.4 is 26.0 Å². The molecule has 6 N–H and O–H groups in total. The van der Waals surface area contributed by atoms with E-state index in [0.29, 0.717) is 29.4 Å². The summed E-state index contributed by atoms with van der Waals surface area (Å²) < 4.78 is 27.3. The number of nitrogens with one attached hydrogen (secondary N) is 4. The molecule has 3 aromatic rings. The zero-order chi connectivity index (χ0) is 54.5. The van der Waals surface area contributed by atoms with Gasteiger partial charge in [-0.15, -0.1) is 0 Å². The van der Waals surface area contributed by atoms with Crippen LogP contribution in [0.3, 0.4) is 0 Å². The van der Waals surface area contributed by atoms with Gasteiger partial charge in [0.15, 0.2) is 12.1 Å². The number of methoxy groups -OCH3 is 3. The number of hydrogen-bond donors (Lipinski definition) is 6. The molecule has 3 heterocycles. The Morgan fingerprint density at radius 2 is 1.53 bits per heavy atom. The molecule has 3 aromatic carbocycles. The minimum Gasteiger partial charge on any atom is -0.507 e. The third-order valence-electron chi connectivity index (χ3n) is 13.6. The number of imide groups is 1. The second kappa shape index (κ2) is 26.5. The molecular weight excluding hydrogens is 969 g/mol. The first-order valence-electron chi connectivity index (χ1n) is 25.3. The Morgan fingerprint density at radius 1 is 0.853 bits per heavy atom. The molecule has 20 heteroatoms. The molecule has 404 valence electrons. The number of amides is 5. The van der Waals surface area contributed by atoms with Crippen molar-refractivity contribution < 1.29 is 67.5 Å². The molecule has 2 aliphatic carbocycles. The minimum atomic E-state index is -0.709. The Balaban J connectivity index is 0.000000381. The topological polar surface area (TPSA) is 261 Å². The summed E-state index contributed by atoms with van der Waals surface area (Å²) in [4.78, 5) is 91.8. The molecule has 6 unspecified atom stereocenters. The Bertz CT molecular complexity index is 2640. The first-order chi connectivity index (χ1) is 36.0. The van der Waals surface area contributed by atoms with E-state index in [1.54, 1.807) is 57.5 Å². The summed E-state index contributed by atoms with van der Waals surface area (Å²) in [5.41, 5.74) is 1.76. The van der Waals surface area contributed by atoms with E-state index in [-0.39, 0.29) is 109 Å². The van der Waals surface area contributed by atoms with Crippen molar-refractivity contribution in [3.05, 3.63) is 106 Å². The number of aromatic hydroxyl groups is 2. The van der Waals surface area contributed by atoms with Gasteiger partial charge in [0, 0.05) is 106 Å². The van der Waals surface area contributed by atoms with E-state index in [2.05, 4.69) is 53.5 Å². The molecule has 0 saturated carbocycles. The highest BCUT2D eigenvalue weighted by Crippen LogP contribution is 2.47. The molecule has 20 nitrogen and oxygen atoms in total. The van der Waals surface area contributed by atoms with Crippen molar-refractivity contribution in [1.82, 2.24) is 25.8 Å². The number of ketones is 2. The predicted octanol–water partition coefficient (Wildman–Crippen LogP) is 4.06. The second-order valence-corrected chi connectivity index (χ2v) is 18.8. The lowest BCUT2D eigenvalue weighted by Crippen LogP contribution is -2.57. The van der Waals surface area contributed by atoms with E-state index in [1.165, 1.54) is 19.6 Å². The summed E-state index contributed by atoms with van der Waals surface area (Å²) in [6.45, 7) is 15.2. The third kappa shape index (κ3) is 13.7. The fourth-order valence-electron chi connectivity index (χ4n) is 9.67. The zero-order valence-electron chi connectivity index (χ0n) is 43.7. The minimum absolute atomic E-state index is 0.0267. The molecule has 0 aromatic heterocycles. The predicted molar refractivity (Wildman–Crippen MR) is 276 cm³/mol. The van der Waals surface area contributed by atoms with Crippen LogP contribution in [0.2, 0.25) is 0 Å². The average Bonchev–Trinajstić information content (AvgIpc) is 3.74. The van der Waals surface area contributed by atoms with Crippen molar-refractivity contribution in [2.24, 2.45) is 5.92 Å². The number of benzene rings is 3. The van der Waals surface area contributed by atoms with Crippen molar-refractivity contribution >= 4 is 46.8 Å². The Labute approximate surface area is 437 Å². The molecule has 5 amide bonds. The zero-order valence-corrected chi connectivity index (χ0v) is 43.7. The van der Waals surface area contributed by atoms with Gasteiger partial charge in [-0.2, -0.15) is 0 Å². The number of hydrogen-bond acceptors (Lipinski definition) is 16. The molecule has 75 heavy (non-hydrogen) atoms. The molecule has 0 spiro atoms. The molecule has 3 aliphatic heterocycles. The van der Waals surface area contributed by atoms with Gasteiger partial charge in [-0.25, -0.2) is 0 Å². The number of carbonyl (C=O) groups is 7. The van der Waals surface area contributed by atoms with Crippen molar-refractivity contribution in [2.75, 3.05) is 66.0 Å².